The van der Waals surface area contributed by atoms with Gasteiger partial charge in [-0.25, -0.2) is 9.97 Å². The van der Waals surface area contributed by atoms with E-state index in [9.17, 15) is 4.79 Å². The second kappa shape index (κ2) is 7.01. The van der Waals surface area contributed by atoms with Gasteiger partial charge in [-0.05, 0) is 18.2 Å². The second-order valence-corrected chi connectivity index (χ2v) is 5.91. The Kier molecular flexibility index (Phi) is 5.33. The highest BCUT2D eigenvalue weighted by molar-refractivity contribution is 9.10. The summed E-state index contributed by atoms with van der Waals surface area (Å²) in [6.45, 7) is 0.533. The van der Waals surface area contributed by atoms with E-state index in [0.29, 0.717) is 23.9 Å². The van der Waals surface area contributed by atoms with Gasteiger partial charge in [0, 0.05) is 23.4 Å². The van der Waals surface area contributed by atoms with Crippen molar-refractivity contribution in [2.45, 2.75) is 11.4 Å². The number of halogens is 1. The van der Waals surface area contributed by atoms with Gasteiger partial charge in [0.05, 0.1) is 17.9 Å². The average molecular weight is 357 g/mol. The quantitative estimate of drug-likeness (QED) is 0.633. The van der Waals surface area contributed by atoms with Crippen LogP contribution in [0, 0.1) is 0 Å². The van der Waals surface area contributed by atoms with E-state index < -0.39 is 5.97 Å². The largest absolute Gasteiger partial charge is 0.481 e. The van der Waals surface area contributed by atoms with E-state index in [1.165, 1.54) is 11.8 Å². The van der Waals surface area contributed by atoms with Crippen LogP contribution in [0.5, 0.6) is 0 Å². The van der Waals surface area contributed by atoms with E-state index in [1.54, 1.807) is 7.11 Å². The molecule has 1 aromatic carbocycles. The zero-order valence-electron chi connectivity index (χ0n) is 10.8. The molecule has 5 nitrogen and oxygen atoms in total. The summed E-state index contributed by atoms with van der Waals surface area (Å²) in [6, 6.07) is 5.70. The maximum atomic E-state index is 10.7. The van der Waals surface area contributed by atoms with Crippen molar-refractivity contribution in [3.63, 3.8) is 0 Å². The number of hydrogen-bond donors (Lipinski definition) is 1. The lowest BCUT2D eigenvalue weighted by Gasteiger charge is -2.08. The Morgan fingerprint density at radius 1 is 1.45 bits per heavy atom. The number of ether oxygens (including phenoxy) is 1. The van der Waals surface area contributed by atoms with Crippen molar-refractivity contribution in [3.8, 4) is 0 Å². The number of methoxy groups -OCH3 is 1. The van der Waals surface area contributed by atoms with E-state index in [0.717, 1.165) is 15.4 Å². The van der Waals surface area contributed by atoms with Gasteiger partial charge in [0.15, 0.2) is 0 Å². The summed E-state index contributed by atoms with van der Waals surface area (Å²) in [6.07, 6.45) is 0.600. The predicted octanol–water partition coefficient (Wildman–Crippen LogP) is 2.76. The zero-order chi connectivity index (χ0) is 14.5. The van der Waals surface area contributed by atoms with Crippen molar-refractivity contribution < 1.29 is 14.6 Å². The summed E-state index contributed by atoms with van der Waals surface area (Å²) < 4.78 is 5.94. The molecular weight excluding hydrogens is 344 g/mol. The molecule has 1 N–H and O–H groups in total. The summed E-state index contributed by atoms with van der Waals surface area (Å²) in [4.78, 5) is 19.6. The Morgan fingerprint density at radius 2 is 2.25 bits per heavy atom. The zero-order valence-corrected chi connectivity index (χ0v) is 13.2. The smallest absolute Gasteiger partial charge is 0.313 e. The highest BCUT2D eigenvalue weighted by atomic mass is 79.9. The molecule has 0 saturated heterocycles. The Bertz CT molecular complexity index is 636. The number of benzene rings is 1. The van der Waals surface area contributed by atoms with Gasteiger partial charge < -0.3 is 9.84 Å². The maximum absolute atomic E-state index is 10.7. The summed E-state index contributed by atoms with van der Waals surface area (Å²) in [5, 5.41) is 10.4. The maximum Gasteiger partial charge on any atom is 0.313 e. The molecule has 0 radical (unpaired) electrons. The first kappa shape index (κ1) is 15.2. The highest BCUT2D eigenvalue weighted by Gasteiger charge is 2.10. The molecule has 0 aliphatic heterocycles. The van der Waals surface area contributed by atoms with Gasteiger partial charge >= 0.3 is 5.97 Å². The Morgan fingerprint density at radius 3 is 2.95 bits per heavy atom. The topological polar surface area (TPSA) is 72.3 Å². The predicted molar refractivity (Wildman–Crippen MR) is 81.2 cm³/mol. The molecule has 0 saturated carbocycles. The minimum Gasteiger partial charge on any atom is -0.481 e. The van der Waals surface area contributed by atoms with Crippen molar-refractivity contribution >= 4 is 44.6 Å². The Hall–Kier alpha value is -1.18. The number of carboxylic acid groups (broad SMARTS) is 1. The molecule has 106 valence electrons. The van der Waals surface area contributed by atoms with Gasteiger partial charge in [-0.15, -0.1) is 0 Å². The number of thioether (sulfide) groups is 1. The van der Waals surface area contributed by atoms with Gasteiger partial charge in [0.25, 0.3) is 0 Å². The van der Waals surface area contributed by atoms with Gasteiger partial charge in [0.1, 0.15) is 10.9 Å². The van der Waals surface area contributed by atoms with Gasteiger partial charge in [-0.2, -0.15) is 0 Å². The third-order valence-corrected chi connectivity index (χ3v) is 4.00. The summed E-state index contributed by atoms with van der Waals surface area (Å²) in [5.74, 6) is -0.229. The lowest BCUT2D eigenvalue weighted by atomic mass is 10.2. The number of aliphatic carboxylic acids is 1. The van der Waals surface area contributed by atoms with E-state index in [4.69, 9.17) is 9.84 Å². The van der Waals surface area contributed by atoms with Crippen LogP contribution in [0.25, 0.3) is 10.9 Å². The Balaban J connectivity index is 2.42. The van der Waals surface area contributed by atoms with Crippen LogP contribution < -0.4 is 0 Å². The fraction of sp³-hybridized carbons (Fsp3) is 0.308. The average Bonchev–Trinajstić information content (AvgIpc) is 2.42. The molecule has 2 aromatic rings. The minimum absolute atomic E-state index is 0.0255. The number of carbonyl (C=O) groups is 1. The van der Waals surface area contributed by atoms with Crippen LogP contribution in [-0.2, 0) is 16.0 Å². The normalized spacial score (nSPS) is 10.9. The molecule has 7 heteroatoms. The summed E-state index contributed by atoms with van der Waals surface area (Å²) in [5.41, 5.74) is 0.808. The number of hydrogen-bond acceptors (Lipinski definition) is 5. The van der Waals surface area contributed by atoms with Gasteiger partial charge in [-0.1, -0.05) is 27.7 Å². The molecule has 0 aliphatic carbocycles. The number of aromatic nitrogens is 2. The Labute approximate surface area is 128 Å². The summed E-state index contributed by atoms with van der Waals surface area (Å²) >= 11 is 4.61. The van der Waals surface area contributed by atoms with Crippen molar-refractivity contribution in [3.05, 3.63) is 28.5 Å². The minimum atomic E-state index is -0.866. The molecule has 2 rings (SSSR count). The molecule has 0 spiro atoms. The first-order chi connectivity index (χ1) is 9.60. The monoisotopic (exact) mass is 356 g/mol. The third kappa shape index (κ3) is 3.91. The molecular formula is C13H13BrN2O3S. The third-order valence-electron chi connectivity index (χ3n) is 2.53. The molecule has 0 atom stereocenters. The van der Waals surface area contributed by atoms with E-state index in [-0.39, 0.29) is 5.75 Å². The van der Waals surface area contributed by atoms with E-state index >= 15 is 0 Å². The van der Waals surface area contributed by atoms with E-state index in [2.05, 4.69) is 25.9 Å². The van der Waals surface area contributed by atoms with Crippen LogP contribution >= 0.6 is 27.7 Å². The number of rotatable bonds is 6. The molecule has 1 aromatic heterocycles. The van der Waals surface area contributed by atoms with Crippen LogP contribution in [0.3, 0.4) is 0 Å². The van der Waals surface area contributed by atoms with Crippen molar-refractivity contribution in [2.75, 3.05) is 19.5 Å². The fourth-order valence-electron chi connectivity index (χ4n) is 1.66. The van der Waals surface area contributed by atoms with Gasteiger partial charge in [0.2, 0.25) is 0 Å². The molecule has 0 aliphatic rings. The first-order valence-electron chi connectivity index (χ1n) is 5.90. The first-order valence-corrected chi connectivity index (χ1v) is 7.67. The standard InChI is InChI=1S/C13H13BrN2O3S/c1-19-5-4-11-15-10-3-2-8(14)6-9(10)13(16-11)20-7-12(17)18/h2-3,6H,4-5,7H2,1H3,(H,17,18). The molecule has 0 fully saturated rings. The van der Waals surface area contributed by atoms with Crippen LogP contribution in [0.2, 0.25) is 0 Å². The second-order valence-electron chi connectivity index (χ2n) is 4.03. The molecule has 0 unspecified atom stereocenters. The van der Waals surface area contributed by atoms with Crippen LogP contribution in [0.4, 0.5) is 0 Å². The number of nitrogens with zero attached hydrogens (tertiary/aromatic N) is 2. The highest BCUT2D eigenvalue weighted by Crippen LogP contribution is 2.28. The van der Waals surface area contributed by atoms with Crippen molar-refractivity contribution in [1.29, 1.82) is 0 Å². The van der Waals surface area contributed by atoms with Gasteiger partial charge in [-0.3, -0.25) is 4.79 Å². The lowest BCUT2D eigenvalue weighted by molar-refractivity contribution is -0.133. The SMILES string of the molecule is COCCc1nc(SCC(=O)O)c2cc(Br)ccc2n1. The van der Waals surface area contributed by atoms with Crippen LogP contribution in [0.1, 0.15) is 5.82 Å². The van der Waals surface area contributed by atoms with E-state index in [1.807, 2.05) is 18.2 Å². The van der Waals surface area contributed by atoms with Crippen LogP contribution in [-0.4, -0.2) is 40.5 Å². The number of carboxylic acids is 1. The lowest BCUT2D eigenvalue weighted by Crippen LogP contribution is -2.04. The fourth-order valence-corrected chi connectivity index (χ4v) is 2.77. The summed E-state index contributed by atoms with van der Waals surface area (Å²) in [7, 11) is 1.62. The molecule has 1 heterocycles. The van der Waals surface area contributed by atoms with Crippen molar-refractivity contribution in [2.24, 2.45) is 0 Å². The van der Waals surface area contributed by atoms with Crippen LogP contribution in [0.15, 0.2) is 27.7 Å². The van der Waals surface area contributed by atoms with Crippen molar-refractivity contribution in [1.82, 2.24) is 9.97 Å². The molecule has 20 heavy (non-hydrogen) atoms. The number of fused-ring (bicyclic) bond motifs is 1. The molecule has 0 amide bonds. The molecule has 0 bridgehead atoms.